The lowest BCUT2D eigenvalue weighted by Gasteiger charge is -2.16. The number of anilines is 1. The third-order valence-electron chi connectivity index (χ3n) is 3.83. The Morgan fingerprint density at radius 1 is 1.17 bits per heavy atom. The van der Waals surface area contributed by atoms with Gasteiger partial charge in [0.25, 0.3) is 5.91 Å². The van der Waals surface area contributed by atoms with E-state index < -0.39 is 0 Å². The summed E-state index contributed by atoms with van der Waals surface area (Å²) in [5.41, 5.74) is 2.89. The number of carbonyl (C=O) groups excluding carboxylic acids is 2. The number of rotatable bonds is 5. The Hall–Kier alpha value is -2.56. The first-order valence-corrected chi connectivity index (χ1v) is 7.62. The van der Waals surface area contributed by atoms with Gasteiger partial charge in [0.1, 0.15) is 5.76 Å². The molecule has 5 heteroatoms. The first-order valence-electron chi connectivity index (χ1n) is 7.62. The maximum atomic E-state index is 12.2. The molecule has 1 aromatic carbocycles. The number of benzene rings is 1. The topological polar surface area (TPSA) is 62.6 Å². The lowest BCUT2D eigenvalue weighted by Crippen LogP contribution is -2.34. The second kappa shape index (κ2) is 7.13. The normalized spacial score (nSPS) is 10.4. The summed E-state index contributed by atoms with van der Waals surface area (Å²) in [5, 5.41) is 2.84. The van der Waals surface area contributed by atoms with E-state index in [-0.39, 0.29) is 24.1 Å². The molecule has 0 aliphatic rings. The second-order valence-electron chi connectivity index (χ2n) is 5.58. The van der Waals surface area contributed by atoms with Crippen molar-refractivity contribution in [2.45, 2.75) is 27.2 Å². The minimum absolute atomic E-state index is 0.0334. The van der Waals surface area contributed by atoms with Gasteiger partial charge in [0, 0.05) is 19.2 Å². The molecule has 122 valence electrons. The van der Waals surface area contributed by atoms with Crippen molar-refractivity contribution >= 4 is 17.5 Å². The standard InChI is InChI=1S/C18H22N2O3/c1-5-14-9-10-16(23-14)18(22)20(4)11-17(21)19-15-8-6-7-12(2)13(15)3/h6-10H,5,11H2,1-4H3,(H,19,21). The van der Waals surface area contributed by atoms with Crippen molar-refractivity contribution in [2.75, 3.05) is 18.9 Å². The van der Waals surface area contributed by atoms with Crippen molar-refractivity contribution in [3.63, 3.8) is 0 Å². The zero-order valence-electron chi connectivity index (χ0n) is 14.0. The molecule has 1 N–H and O–H groups in total. The van der Waals surface area contributed by atoms with Gasteiger partial charge in [0.15, 0.2) is 5.76 Å². The minimum Gasteiger partial charge on any atom is -0.456 e. The molecule has 2 amide bonds. The molecule has 0 saturated heterocycles. The SMILES string of the molecule is CCc1ccc(C(=O)N(C)CC(=O)Nc2cccc(C)c2C)o1. The monoisotopic (exact) mass is 314 g/mol. The van der Waals surface area contributed by atoms with E-state index in [0.717, 1.165) is 29.0 Å². The van der Waals surface area contributed by atoms with Crippen LogP contribution < -0.4 is 5.32 Å². The van der Waals surface area contributed by atoms with Crippen LogP contribution in [0.2, 0.25) is 0 Å². The highest BCUT2D eigenvalue weighted by atomic mass is 16.4. The third-order valence-corrected chi connectivity index (χ3v) is 3.83. The predicted octanol–water partition coefficient (Wildman–Crippen LogP) is 3.17. The van der Waals surface area contributed by atoms with Gasteiger partial charge in [-0.05, 0) is 43.2 Å². The molecule has 5 nitrogen and oxygen atoms in total. The van der Waals surface area contributed by atoms with Crippen molar-refractivity contribution < 1.29 is 14.0 Å². The number of hydrogen-bond donors (Lipinski definition) is 1. The van der Waals surface area contributed by atoms with Crippen LogP contribution in [0.15, 0.2) is 34.7 Å². The summed E-state index contributed by atoms with van der Waals surface area (Å²) in [6, 6.07) is 9.14. The Bertz CT molecular complexity index is 719. The molecule has 0 spiro atoms. The smallest absolute Gasteiger partial charge is 0.289 e. The quantitative estimate of drug-likeness (QED) is 0.922. The summed E-state index contributed by atoms with van der Waals surface area (Å²) in [4.78, 5) is 25.7. The van der Waals surface area contributed by atoms with Crippen LogP contribution >= 0.6 is 0 Å². The molecule has 0 aliphatic heterocycles. The number of aryl methyl sites for hydroxylation is 2. The largest absolute Gasteiger partial charge is 0.456 e. The average Bonchev–Trinajstić information content (AvgIpc) is 3.00. The lowest BCUT2D eigenvalue weighted by atomic mass is 10.1. The molecule has 0 atom stereocenters. The number of nitrogens with one attached hydrogen (secondary N) is 1. The van der Waals surface area contributed by atoms with Crippen LogP contribution in [0.5, 0.6) is 0 Å². The fourth-order valence-corrected chi connectivity index (χ4v) is 2.23. The highest BCUT2D eigenvalue weighted by molar-refractivity contribution is 5.98. The van der Waals surface area contributed by atoms with Gasteiger partial charge in [0.2, 0.25) is 5.91 Å². The van der Waals surface area contributed by atoms with Gasteiger partial charge in [-0.1, -0.05) is 19.1 Å². The molecule has 23 heavy (non-hydrogen) atoms. The van der Waals surface area contributed by atoms with Crippen LogP contribution in [0.25, 0.3) is 0 Å². The van der Waals surface area contributed by atoms with Crippen LogP contribution in [0.3, 0.4) is 0 Å². The van der Waals surface area contributed by atoms with Crippen LogP contribution in [-0.4, -0.2) is 30.3 Å². The Morgan fingerprint density at radius 2 is 1.91 bits per heavy atom. The van der Waals surface area contributed by atoms with Crippen molar-refractivity contribution in [2.24, 2.45) is 0 Å². The molecule has 0 aliphatic carbocycles. The average molecular weight is 314 g/mol. The molecular formula is C18H22N2O3. The first-order chi connectivity index (χ1) is 10.9. The first kappa shape index (κ1) is 16.8. The molecule has 0 saturated carbocycles. The van der Waals surface area contributed by atoms with Crippen molar-refractivity contribution in [1.29, 1.82) is 0 Å². The molecule has 0 radical (unpaired) electrons. The Morgan fingerprint density at radius 3 is 2.57 bits per heavy atom. The number of nitrogens with zero attached hydrogens (tertiary/aromatic N) is 1. The van der Waals surface area contributed by atoms with Gasteiger partial charge >= 0.3 is 0 Å². The van der Waals surface area contributed by atoms with Crippen molar-refractivity contribution in [3.05, 3.63) is 53.0 Å². The van der Waals surface area contributed by atoms with Crippen molar-refractivity contribution in [1.82, 2.24) is 4.90 Å². The number of furan rings is 1. The molecule has 1 heterocycles. The summed E-state index contributed by atoms with van der Waals surface area (Å²) in [7, 11) is 1.58. The fraction of sp³-hybridized carbons (Fsp3) is 0.333. The summed E-state index contributed by atoms with van der Waals surface area (Å²) < 4.78 is 5.43. The minimum atomic E-state index is -0.305. The molecule has 1 aromatic heterocycles. The van der Waals surface area contributed by atoms with Gasteiger partial charge in [-0.3, -0.25) is 9.59 Å². The number of likely N-dealkylation sites (N-methyl/N-ethyl adjacent to an activating group) is 1. The molecule has 0 unspecified atom stereocenters. The third kappa shape index (κ3) is 4.00. The van der Waals surface area contributed by atoms with E-state index in [1.54, 1.807) is 19.2 Å². The molecular weight excluding hydrogens is 292 g/mol. The Balaban J connectivity index is 1.99. The molecule has 0 bridgehead atoms. The zero-order chi connectivity index (χ0) is 17.0. The van der Waals surface area contributed by atoms with Crippen molar-refractivity contribution in [3.8, 4) is 0 Å². The van der Waals surface area contributed by atoms with Gasteiger partial charge in [-0.15, -0.1) is 0 Å². The van der Waals surface area contributed by atoms with Gasteiger partial charge in [0.05, 0.1) is 6.54 Å². The maximum absolute atomic E-state index is 12.2. The van der Waals surface area contributed by atoms with Crippen LogP contribution in [0.4, 0.5) is 5.69 Å². The number of hydrogen-bond acceptors (Lipinski definition) is 3. The van der Waals surface area contributed by atoms with E-state index in [2.05, 4.69) is 5.32 Å². The molecule has 0 fully saturated rings. The van der Waals surface area contributed by atoms with Crippen LogP contribution in [0.1, 0.15) is 34.4 Å². The van der Waals surface area contributed by atoms with E-state index in [9.17, 15) is 9.59 Å². The van der Waals surface area contributed by atoms with Crippen LogP contribution in [0, 0.1) is 13.8 Å². The van der Waals surface area contributed by atoms with E-state index in [1.807, 2.05) is 39.0 Å². The summed E-state index contributed by atoms with van der Waals surface area (Å²) in [6.07, 6.45) is 0.726. The second-order valence-corrected chi connectivity index (χ2v) is 5.58. The van der Waals surface area contributed by atoms with Crippen LogP contribution in [-0.2, 0) is 11.2 Å². The Labute approximate surface area is 136 Å². The van der Waals surface area contributed by atoms with E-state index in [4.69, 9.17) is 4.42 Å². The van der Waals surface area contributed by atoms with Gasteiger partial charge in [-0.25, -0.2) is 0 Å². The zero-order valence-corrected chi connectivity index (χ0v) is 14.0. The summed E-state index contributed by atoms with van der Waals surface area (Å²) in [6.45, 7) is 5.86. The predicted molar refractivity (Wildman–Crippen MR) is 89.6 cm³/mol. The molecule has 2 rings (SSSR count). The lowest BCUT2D eigenvalue weighted by molar-refractivity contribution is -0.116. The number of amides is 2. The highest BCUT2D eigenvalue weighted by Crippen LogP contribution is 2.18. The Kier molecular flexibility index (Phi) is 5.21. The van der Waals surface area contributed by atoms with E-state index in [0.29, 0.717) is 0 Å². The summed E-state index contributed by atoms with van der Waals surface area (Å²) in [5.74, 6) is 0.461. The van der Waals surface area contributed by atoms with Gasteiger partial charge in [-0.2, -0.15) is 0 Å². The van der Waals surface area contributed by atoms with E-state index >= 15 is 0 Å². The fourth-order valence-electron chi connectivity index (χ4n) is 2.23. The maximum Gasteiger partial charge on any atom is 0.289 e. The highest BCUT2D eigenvalue weighted by Gasteiger charge is 2.18. The van der Waals surface area contributed by atoms with Gasteiger partial charge < -0.3 is 14.6 Å². The van der Waals surface area contributed by atoms with E-state index in [1.165, 1.54) is 4.90 Å². The molecule has 2 aromatic rings. The number of carbonyl (C=O) groups is 2. The summed E-state index contributed by atoms with van der Waals surface area (Å²) >= 11 is 0.